The Morgan fingerprint density at radius 1 is 1.50 bits per heavy atom. The number of nitrogens with one attached hydrogen (secondary N) is 1. The summed E-state index contributed by atoms with van der Waals surface area (Å²) >= 11 is 0. The molecule has 1 aliphatic rings. The number of likely N-dealkylation sites (tertiary alicyclic amines) is 1. The van der Waals surface area contributed by atoms with E-state index in [9.17, 15) is 14.4 Å². The molecule has 0 radical (unpaired) electrons. The van der Waals surface area contributed by atoms with E-state index in [1.54, 1.807) is 19.0 Å². The van der Waals surface area contributed by atoms with Crippen LogP contribution in [0.4, 0.5) is 0 Å². The zero-order chi connectivity index (χ0) is 13.7. The summed E-state index contributed by atoms with van der Waals surface area (Å²) in [6.45, 7) is 2.70. The summed E-state index contributed by atoms with van der Waals surface area (Å²) in [5.74, 6) is -0.0635. The Kier molecular flexibility index (Phi) is 5.12. The summed E-state index contributed by atoms with van der Waals surface area (Å²) < 4.78 is 0. The highest BCUT2D eigenvalue weighted by molar-refractivity contribution is 5.83. The van der Waals surface area contributed by atoms with Gasteiger partial charge in [0.25, 0.3) is 0 Å². The predicted octanol–water partition coefficient (Wildman–Crippen LogP) is -0.551. The molecule has 0 aliphatic carbocycles. The van der Waals surface area contributed by atoms with E-state index in [2.05, 4.69) is 5.32 Å². The van der Waals surface area contributed by atoms with Gasteiger partial charge in [-0.1, -0.05) is 0 Å². The number of hydrogen-bond donors (Lipinski definition) is 1. The Morgan fingerprint density at radius 2 is 2.17 bits per heavy atom. The van der Waals surface area contributed by atoms with Gasteiger partial charge in [-0.25, -0.2) is 0 Å². The minimum atomic E-state index is -0.190. The lowest BCUT2D eigenvalue weighted by Crippen LogP contribution is -2.44. The highest BCUT2D eigenvalue weighted by atomic mass is 16.2. The molecule has 0 saturated carbocycles. The van der Waals surface area contributed by atoms with Crippen LogP contribution in [0.1, 0.15) is 19.8 Å². The first kappa shape index (κ1) is 14.5. The van der Waals surface area contributed by atoms with Gasteiger partial charge in [-0.2, -0.15) is 0 Å². The van der Waals surface area contributed by atoms with Gasteiger partial charge in [-0.3, -0.25) is 14.4 Å². The van der Waals surface area contributed by atoms with Crippen molar-refractivity contribution in [3.8, 4) is 0 Å². The molecule has 3 amide bonds. The van der Waals surface area contributed by atoms with E-state index in [1.807, 2.05) is 0 Å². The fourth-order valence-electron chi connectivity index (χ4n) is 2.03. The van der Waals surface area contributed by atoms with Gasteiger partial charge in [0.05, 0.1) is 6.54 Å². The summed E-state index contributed by atoms with van der Waals surface area (Å²) in [6.07, 6.45) is 1.33. The quantitative estimate of drug-likeness (QED) is 0.732. The number of hydrogen-bond acceptors (Lipinski definition) is 3. The zero-order valence-corrected chi connectivity index (χ0v) is 11.2. The number of amides is 3. The normalized spacial score (nSPS) is 19.6. The Morgan fingerprint density at radius 3 is 2.67 bits per heavy atom. The van der Waals surface area contributed by atoms with E-state index in [0.717, 1.165) is 13.0 Å². The Hall–Kier alpha value is -1.59. The molecule has 1 heterocycles. The molecule has 1 saturated heterocycles. The highest BCUT2D eigenvalue weighted by Crippen LogP contribution is 2.18. The van der Waals surface area contributed by atoms with Crippen molar-refractivity contribution in [1.82, 2.24) is 15.1 Å². The van der Waals surface area contributed by atoms with Gasteiger partial charge < -0.3 is 15.1 Å². The molecule has 0 aromatic rings. The molecule has 1 rings (SSSR count). The van der Waals surface area contributed by atoms with Gasteiger partial charge in [0.1, 0.15) is 0 Å². The predicted molar refractivity (Wildman–Crippen MR) is 66.7 cm³/mol. The average molecular weight is 255 g/mol. The fourth-order valence-corrected chi connectivity index (χ4v) is 2.03. The molecule has 1 fully saturated rings. The van der Waals surface area contributed by atoms with Crippen LogP contribution in [-0.4, -0.2) is 61.3 Å². The molecule has 1 aliphatic heterocycles. The van der Waals surface area contributed by atoms with Crippen molar-refractivity contribution in [1.29, 1.82) is 0 Å². The van der Waals surface area contributed by atoms with Crippen molar-refractivity contribution in [2.24, 2.45) is 5.92 Å². The third-order valence-corrected chi connectivity index (χ3v) is 3.30. The number of piperidine rings is 1. The average Bonchev–Trinajstić information content (AvgIpc) is 2.32. The van der Waals surface area contributed by atoms with Crippen LogP contribution in [0.2, 0.25) is 0 Å². The third-order valence-electron chi connectivity index (χ3n) is 3.30. The van der Waals surface area contributed by atoms with E-state index < -0.39 is 0 Å². The van der Waals surface area contributed by atoms with Crippen LogP contribution in [0.15, 0.2) is 0 Å². The van der Waals surface area contributed by atoms with E-state index >= 15 is 0 Å². The van der Waals surface area contributed by atoms with Gasteiger partial charge in [-0.05, 0) is 12.3 Å². The van der Waals surface area contributed by atoms with Gasteiger partial charge >= 0.3 is 0 Å². The van der Waals surface area contributed by atoms with E-state index in [1.165, 1.54) is 11.8 Å². The SMILES string of the molecule is CNC(=O)CN(CC1CCN(C)C(=O)C1)C(C)=O. The second-order valence-corrected chi connectivity index (χ2v) is 4.75. The van der Waals surface area contributed by atoms with Crippen molar-refractivity contribution in [2.45, 2.75) is 19.8 Å². The first-order chi connectivity index (χ1) is 8.43. The van der Waals surface area contributed by atoms with Crippen molar-refractivity contribution in [3.05, 3.63) is 0 Å². The molecule has 0 spiro atoms. The van der Waals surface area contributed by atoms with Crippen LogP contribution in [0.3, 0.4) is 0 Å². The first-order valence-corrected chi connectivity index (χ1v) is 6.14. The standard InChI is InChI=1S/C12H21N3O3/c1-9(16)15(8-11(17)13-2)7-10-4-5-14(3)12(18)6-10/h10H,4-8H2,1-3H3,(H,13,17). The molecule has 0 aromatic heterocycles. The molecular weight excluding hydrogens is 234 g/mol. The van der Waals surface area contributed by atoms with Crippen LogP contribution in [0.5, 0.6) is 0 Å². The summed E-state index contributed by atoms with van der Waals surface area (Å²) in [4.78, 5) is 37.6. The summed E-state index contributed by atoms with van der Waals surface area (Å²) in [5, 5.41) is 2.50. The number of carbonyl (C=O) groups is 3. The van der Waals surface area contributed by atoms with Gasteiger partial charge in [0.2, 0.25) is 17.7 Å². The smallest absolute Gasteiger partial charge is 0.239 e. The minimum Gasteiger partial charge on any atom is -0.358 e. The second kappa shape index (κ2) is 6.37. The molecule has 1 atom stereocenters. The maximum atomic E-state index is 11.6. The van der Waals surface area contributed by atoms with E-state index in [-0.39, 0.29) is 30.2 Å². The maximum absolute atomic E-state index is 11.6. The highest BCUT2D eigenvalue weighted by Gasteiger charge is 2.26. The Bertz CT molecular complexity index is 343. The van der Waals surface area contributed by atoms with Crippen LogP contribution in [0.25, 0.3) is 0 Å². The van der Waals surface area contributed by atoms with Crippen molar-refractivity contribution < 1.29 is 14.4 Å². The number of rotatable bonds is 4. The van der Waals surface area contributed by atoms with Crippen molar-refractivity contribution in [3.63, 3.8) is 0 Å². The van der Waals surface area contributed by atoms with E-state index in [0.29, 0.717) is 13.0 Å². The molecular formula is C12H21N3O3. The maximum Gasteiger partial charge on any atom is 0.239 e. The largest absolute Gasteiger partial charge is 0.358 e. The topological polar surface area (TPSA) is 69.7 Å². The monoisotopic (exact) mass is 255 g/mol. The number of likely N-dealkylation sites (N-methyl/N-ethyl adjacent to an activating group) is 1. The number of nitrogens with zero attached hydrogens (tertiary/aromatic N) is 2. The third kappa shape index (κ3) is 4.01. The molecule has 18 heavy (non-hydrogen) atoms. The molecule has 1 N–H and O–H groups in total. The minimum absolute atomic E-state index is 0.0619. The van der Waals surface area contributed by atoms with Gasteiger partial charge in [-0.15, -0.1) is 0 Å². The van der Waals surface area contributed by atoms with Crippen molar-refractivity contribution in [2.75, 3.05) is 33.7 Å². The van der Waals surface area contributed by atoms with E-state index in [4.69, 9.17) is 0 Å². The zero-order valence-electron chi connectivity index (χ0n) is 11.2. The van der Waals surface area contributed by atoms with Crippen LogP contribution < -0.4 is 5.32 Å². The Balaban J connectivity index is 2.53. The molecule has 6 nitrogen and oxygen atoms in total. The lowest BCUT2D eigenvalue weighted by atomic mass is 9.96. The molecule has 0 bridgehead atoms. The lowest BCUT2D eigenvalue weighted by molar-refractivity contribution is -0.138. The first-order valence-electron chi connectivity index (χ1n) is 6.14. The summed E-state index contributed by atoms with van der Waals surface area (Å²) in [5.41, 5.74) is 0. The molecule has 0 aromatic carbocycles. The lowest BCUT2D eigenvalue weighted by Gasteiger charge is -2.32. The molecule has 1 unspecified atom stereocenters. The number of carbonyl (C=O) groups excluding carboxylic acids is 3. The van der Waals surface area contributed by atoms with Crippen LogP contribution in [0, 0.1) is 5.92 Å². The second-order valence-electron chi connectivity index (χ2n) is 4.75. The van der Waals surface area contributed by atoms with Gasteiger partial charge in [0.15, 0.2) is 0 Å². The fraction of sp³-hybridized carbons (Fsp3) is 0.750. The van der Waals surface area contributed by atoms with Crippen LogP contribution in [-0.2, 0) is 14.4 Å². The van der Waals surface area contributed by atoms with Gasteiger partial charge in [0, 0.05) is 40.5 Å². The molecule has 102 valence electrons. The van der Waals surface area contributed by atoms with Crippen LogP contribution >= 0.6 is 0 Å². The van der Waals surface area contributed by atoms with Crippen molar-refractivity contribution >= 4 is 17.7 Å². The Labute approximate surface area is 107 Å². The summed E-state index contributed by atoms with van der Waals surface area (Å²) in [7, 11) is 3.32. The summed E-state index contributed by atoms with van der Waals surface area (Å²) in [6, 6.07) is 0. The molecule has 6 heteroatoms.